The molecule has 0 radical (unpaired) electrons. The number of benzene rings is 2. The Morgan fingerprint density at radius 2 is 1.83 bits per heavy atom. The maximum absolute atomic E-state index is 12.8. The van der Waals surface area contributed by atoms with Crippen molar-refractivity contribution in [1.82, 2.24) is 14.5 Å². The van der Waals surface area contributed by atoms with Crippen LogP contribution in [0.5, 0.6) is 0 Å². The molecule has 1 aromatic heterocycles. The molecule has 1 saturated heterocycles. The monoisotopic (exact) mass is 442 g/mol. The number of rotatable bonds is 6. The second-order valence-electron chi connectivity index (χ2n) is 7.21. The molecule has 0 unspecified atom stereocenters. The average Bonchev–Trinajstić information content (AvgIpc) is 3.42. The molecule has 9 heteroatoms. The van der Waals surface area contributed by atoms with Crippen molar-refractivity contribution in [2.75, 3.05) is 18.4 Å². The fourth-order valence-corrected chi connectivity index (χ4v) is 5.71. The lowest BCUT2D eigenvalue weighted by atomic mass is 10.1. The van der Waals surface area contributed by atoms with E-state index in [1.54, 1.807) is 19.1 Å². The number of carbonyl (C=O) groups excluding carboxylic acids is 1. The summed E-state index contributed by atoms with van der Waals surface area (Å²) in [6.45, 7) is 2.82. The van der Waals surface area contributed by atoms with Crippen LogP contribution in [0.2, 0.25) is 0 Å². The average molecular weight is 443 g/mol. The number of carbonyl (C=O) groups is 1. The lowest BCUT2D eigenvalue weighted by Crippen LogP contribution is -2.28. The van der Waals surface area contributed by atoms with E-state index >= 15 is 0 Å². The highest BCUT2D eigenvalue weighted by atomic mass is 32.2. The molecule has 30 heavy (non-hydrogen) atoms. The maximum atomic E-state index is 12.8. The Hall–Kier alpha value is -2.62. The minimum Gasteiger partial charge on any atom is -0.296 e. The molecule has 0 saturated carbocycles. The molecule has 1 aliphatic rings. The van der Waals surface area contributed by atoms with Crippen molar-refractivity contribution < 1.29 is 13.2 Å². The topological polar surface area (TPSA) is 92.3 Å². The van der Waals surface area contributed by atoms with Gasteiger partial charge in [-0.3, -0.25) is 10.1 Å². The molecular formula is C21H22N4O3S2. The summed E-state index contributed by atoms with van der Waals surface area (Å²) in [7, 11) is -3.59. The molecule has 4 rings (SSSR count). The van der Waals surface area contributed by atoms with Crippen molar-refractivity contribution in [2.45, 2.75) is 31.1 Å². The van der Waals surface area contributed by atoms with Crippen LogP contribution < -0.4 is 5.32 Å². The third-order valence-electron chi connectivity index (χ3n) is 5.04. The first kappa shape index (κ1) is 20.6. The van der Waals surface area contributed by atoms with Crippen LogP contribution in [-0.4, -0.2) is 41.9 Å². The van der Waals surface area contributed by atoms with E-state index in [2.05, 4.69) is 15.5 Å². The second-order valence-corrected chi connectivity index (χ2v) is 10.2. The first-order valence-corrected chi connectivity index (χ1v) is 12.0. The smallest absolute Gasteiger partial charge is 0.257 e. The Kier molecular flexibility index (Phi) is 5.94. The molecule has 2 heterocycles. The summed E-state index contributed by atoms with van der Waals surface area (Å²) in [5.41, 5.74) is 2.12. The molecule has 0 spiro atoms. The number of hydrogen-bond donors (Lipinski definition) is 1. The van der Waals surface area contributed by atoms with Crippen molar-refractivity contribution in [2.24, 2.45) is 0 Å². The summed E-state index contributed by atoms with van der Waals surface area (Å²) in [5, 5.41) is 12.1. The molecule has 1 fully saturated rings. The van der Waals surface area contributed by atoms with Crippen LogP contribution >= 0.6 is 11.3 Å². The van der Waals surface area contributed by atoms with Crippen LogP contribution in [0.25, 0.3) is 0 Å². The van der Waals surface area contributed by atoms with Gasteiger partial charge >= 0.3 is 0 Å². The fourth-order valence-electron chi connectivity index (χ4n) is 3.39. The molecule has 0 aliphatic carbocycles. The summed E-state index contributed by atoms with van der Waals surface area (Å²) in [6.07, 6.45) is 2.36. The molecule has 2 aromatic carbocycles. The lowest BCUT2D eigenvalue weighted by Gasteiger charge is -2.16. The summed E-state index contributed by atoms with van der Waals surface area (Å²) < 4.78 is 27.1. The third kappa shape index (κ3) is 4.43. The van der Waals surface area contributed by atoms with Crippen LogP contribution in [0.3, 0.4) is 0 Å². The molecule has 1 amide bonds. The van der Waals surface area contributed by atoms with Gasteiger partial charge in [0, 0.05) is 25.1 Å². The number of amides is 1. The van der Waals surface area contributed by atoms with E-state index in [0.29, 0.717) is 35.8 Å². The lowest BCUT2D eigenvalue weighted by molar-refractivity contribution is 0.102. The number of nitrogens with zero attached hydrogens (tertiary/aromatic N) is 3. The summed E-state index contributed by atoms with van der Waals surface area (Å²) in [6, 6.07) is 14.6. The predicted molar refractivity (Wildman–Crippen MR) is 116 cm³/mol. The van der Waals surface area contributed by atoms with Crippen LogP contribution in [0, 0.1) is 6.92 Å². The summed E-state index contributed by atoms with van der Waals surface area (Å²) in [5.74, 6) is -0.395. The quantitative estimate of drug-likeness (QED) is 0.631. The molecule has 7 nitrogen and oxygen atoms in total. The molecular weight excluding hydrogens is 420 g/mol. The van der Waals surface area contributed by atoms with Gasteiger partial charge in [0.1, 0.15) is 5.01 Å². The molecule has 1 N–H and O–H groups in total. The van der Waals surface area contributed by atoms with E-state index in [1.165, 1.54) is 21.7 Å². The Labute approximate surface area is 179 Å². The molecule has 0 bridgehead atoms. The van der Waals surface area contributed by atoms with E-state index in [-0.39, 0.29) is 4.90 Å². The highest BCUT2D eigenvalue weighted by Gasteiger charge is 2.28. The van der Waals surface area contributed by atoms with Crippen LogP contribution in [0.4, 0.5) is 5.13 Å². The van der Waals surface area contributed by atoms with Gasteiger partial charge in [-0.15, -0.1) is 10.2 Å². The van der Waals surface area contributed by atoms with Crippen LogP contribution in [-0.2, 0) is 16.4 Å². The van der Waals surface area contributed by atoms with Gasteiger partial charge < -0.3 is 0 Å². The highest BCUT2D eigenvalue weighted by molar-refractivity contribution is 7.89. The van der Waals surface area contributed by atoms with Gasteiger partial charge in [-0.1, -0.05) is 47.7 Å². The molecule has 3 aromatic rings. The molecule has 0 atom stereocenters. The van der Waals surface area contributed by atoms with Crippen LogP contribution in [0.15, 0.2) is 53.4 Å². The standard InChI is InChI=1S/C21H22N4O3S2/c1-15-9-10-17(30(27,28)25-11-5-6-12-25)14-18(15)20(26)22-21-24-23-19(29-21)13-16-7-3-2-4-8-16/h2-4,7-10,14H,5-6,11-13H2,1H3,(H,22,24,26). The first-order valence-electron chi connectivity index (χ1n) is 9.72. The van der Waals surface area contributed by atoms with E-state index in [0.717, 1.165) is 23.4 Å². The predicted octanol–water partition coefficient (Wildman–Crippen LogP) is 3.47. The van der Waals surface area contributed by atoms with Crippen molar-refractivity contribution in [3.63, 3.8) is 0 Å². The van der Waals surface area contributed by atoms with Gasteiger partial charge in [0.25, 0.3) is 5.91 Å². The Morgan fingerprint density at radius 1 is 1.10 bits per heavy atom. The van der Waals surface area contributed by atoms with Crippen molar-refractivity contribution in [3.05, 3.63) is 70.2 Å². The molecule has 156 valence electrons. The number of aromatic nitrogens is 2. The Bertz CT molecular complexity index is 1150. The summed E-state index contributed by atoms with van der Waals surface area (Å²) >= 11 is 1.31. The first-order chi connectivity index (χ1) is 14.4. The Morgan fingerprint density at radius 3 is 2.57 bits per heavy atom. The van der Waals surface area contributed by atoms with Gasteiger partial charge in [-0.25, -0.2) is 8.42 Å². The fraction of sp³-hybridized carbons (Fsp3) is 0.286. The van der Waals surface area contributed by atoms with Gasteiger partial charge in [0.2, 0.25) is 15.2 Å². The van der Waals surface area contributed by atoms with Crippen molar-refractivity contribution >= 4 is 32.4 Å². The van der Waals surface area contributed by atoms with Gasteiger partial charge in [0.15, 0.2) is 0 Å². The number of hydrogen-bond acceptors (Lipinski definition) is 6. The SMILES string of the molecule is Cc1ccc(S(=O)(=O)N2CCCC2)cc1C(=O)Nc1nnc(Cc2ccccc2)s1. The minimum absolute atomic E-state index is 0.141. The largest absolute Gasteiger partial charge is 0.296 e. The van der Waals surface area contributed by atoms with Gasteiger partial charge in [-0.2, -0.15) is 4.31 Å². The Balaban J connectivity index is 1.51. The van der Waals surface area contributed by atoms with E-state index in [9.17, 15) is 13.2 Å². The number of nitrogens with one attached hydrogen (secondary N) is 1. The van der Waals surface area contributed by atoms with Crippen molar-refractivity contribution in [1.29, 1.82) is 0 Å². The van der Waals surface area contributed by atoms with E-state index in [1.807, 2.05) is 30.3 Å². The minimum atomic E-state index is -3.59. The van der Waals surface area contributed by atoms with Gasteiger partial charge in [-0.05, 0) is 43.0 Å². The number of aryl methyl sites for hydroxylation is 1. The van der Waals surface area contributed by atoms with Crippen molar-refractivity contribution in [3.8, 4) is 0 Å². The third-order valence-corrected chi connectivity index (χ3v) is 7.78. The maximum Gasteiger partial charge on any atom is 0.257 e. The normalized spacial score (nSPS) is 14.7. The highest BCUT2D eigenvalue weighted by Crippen LogP contribution is 2.24. The zero-order valence-corrected chi connectivity index (χ0v) is 18.2. The summed E-state index contributed by atoms with van der Waals surface area (Å²) in [4.78, 5) is 13.0. The van der Waals surface area contributed by atoms with E-state index in [4.69, 9.17) is 0 Å². The number of sulfonamides is 1. The molecule has 1 aliphatic heterocycles. The second kappa shape index (κ2) is 8.63. The van der Waals surface area contributed by atoms with E-state index < -0.39 is 15.9 Å². The zero-order valence-electron chi connectivity index (χ0n) is 16.5. The van der Waals surface area contributed by atoms with Gasteiger partial charge in [0.05, 0.1) is 4.90 Å². The van der Waals surface area contributed by atoms with Crippen LogP contribution in [0.1, 0.15) is 39.3 Å². The zero-order chi connectivity index (χ0) is 21.1. The number of anilines is 1.